The van der Waals surface area contributed by atoms with Crippen LogP contribution in [0.25, 0.3) is 0 Å². The van der Waals surface area contributed by atoms with E-state index in [4.69, 9.17) is 10.5 Å². The topological polar surface area (TPSA) is 68.4 Å². The molecular weight excluding hydrogens is 216 g/mol. The van der Waals surface area contributed by atoms with Crippen molar-refractivity contribution in [2.75, 3.05) is 6.61 Å². The van der Waals surface area contributed by atoms with Gasteiger partial charge in [-0.1, -0.05) is 0 Å². The Hall–Kier alpha value is -1.13. The lowest BCUT2D eigenvalue weighted by Gasteiger charge is -2.35. The first-order valence-electron chi connectivity index (χ1n) is 6.20. The average molecular weight is 236 g/mol. The Kier molecular flexibility index (Phi) is 3.64. The first-order chi connectivity index (χ1) is 8.14. The lowest BCUT2D eigenvalue weighted by molar-refractivity contribution is -0.00765. The maximum atomic E-state index is 10.6. The van der Waals surface area contributed by atoms with Crippen molar-refractivity contribution in [2.24, 2.45) is 5.73 Å². The van der Waals surface area contributed by atoms with E-state index in [9.17, 15) is 5.11 Å². The van der Waals surface area contributed by atoms with Crippen LogP contribution in [0.4, 0.5) is 0 Å². The second-order valence-electron chi connectivity index (χ2n) is 4.73. The van der Waals surface area contributed by atoms with Gasteiger partial charge in [-0.2, -0.15) is 0 Å². The Morgan fingerprint density at radius 3 is 3.12 bits per heavy atom. The smallest absolute Gasteiger partial charge is 0.137 e. The fourth-order valence-corrected chi connectivity index (χ4v) is 2.48. The minimum Gasteiger partial charge on any atom is -0.492 e. The molecule has 0 amide bonds. The van der Waals surface area contributed by atoms with Crippen LogP contribution in [0.5, 0.6) is 5.75 Å². The number of ether oxygens (including phenoxy) is 1. The van der Waals surface area contributed by atoms with E-state index in [1.165, 1.54) is 0 Å². The molecule has 1 aliphatic carbocycles. The van der Waals surface area contributed by atoms with Crippen LogP contribution in [0.1, 0.15) is 38.2 Å². The Bertz CT molecular complexity index is 383. The van der Waals surface area contributed by atoms with E-state index in [0.717, 1.165) is 24.8 Å². The number of aliphatic hydroxyl groups is 1. The van der Waals surface area contributed by atoms with Gasteiger partial charge in [-0.3, -0.25) is 4.98 Å². The molecule has 0 spiro atoms. The molecule has 0 saturated heterocycles. The van der Waals surface area contributed by atoms with E-state index in [-0.39, 0.29) is 6.04 Å². The zero-order valence-corrected chi connectivity index (χ0v) is 10.2. The maximum absolute atomic E-state index is 10.6. The SMILES string of the molecule is CCOc1cncc(C2(O)CCCC(N)C2)c1. The lowest BCUT2D eigenvalue weighted by atomic mass is 9.78. The van der Waals surface area contributed by atoms with E-state index in [1.807, 2.05) is 13.0 Å². The summed E-state index contributed by atoms with van der Waals surface area (Å²) in [5.41, 5.74) is 5.92. The fourth-order valence-electron chi connectivity index (χ4n) is 2.48. The Morgan fingerprint density at radius 1 is 1.59 bits per heavy atom. The molecule has 1 aliphatic rings. The molecule has 94 valence electrons. The third-order valence-corrected chi connectivity index (χ3v) is 3.33. The summed E-state index contributed by atoms with van der Waals surface area (Å²) >= 11 is 0. The van der Waals surface area contributed by atoms with Crippen LogP contribution in [0.3, 0.4) is 0 Å². The summed E-state index contributed by atoms with van der Waals surface area (Å²) in [6.45, 7) is 2.53. The molecule has 0 radical (unpaired) electrons. The van der Waals surface area contributed by atoms with Gasteiger partial charge in [0.15, 0.2) is 0 Å². The molecule has 1 fully saturated rings. The van der Waals surface area contributed by atoms with Gasteiger partial charge in [-0.05, 0) is 38.7 Å². The van der Waals surface area contributed by atoms with Crippen LogP contribution in [-0.4, -0.2) is 22.7 Å². The van der Waals surface area contributed by atoms with Crippen LogP contribution >= 0.6 is 0 Å². The highest BCUT2D eigenvalue weighted by atomic mass is 16.5. The second kappa shape index (κ2) is 5.02. The summed E-state index contributed by atoms with van der Waals surface area (Å²) < 4.78 is 5.40. The quantitative estimate of drug-likeness (QED) is 0.836. The number of rotatable bonds is 3. The van der Waals surface area contributed by atoms with Gasteiger partial charge in [0, 0.05) is 17.8 Å². The first-order valence-corrected chi connectivity index (χ1v) is 6.20. The Balaban J connectivity index is 2.22. The molecule has 1 saturated carbocycles. The molecule has 3 N–H and O–H groups in total. The van der Waals surface area contributed by atoms with E-state index in [2.05, 4.69) is 4.98 Å². The normalized spacial score (nSPS) is 29.0. The van der Waals surface area contributed by atoms with Crippen molar-refractivity contribution in [3.8, 4) is 5.75 Å². The summed E-state index contributed by atoms with van der Waals surface area (Å²) in [6.07, 6.45) is 6.67. The molecule has 4 nitrogen and oxygen atoms in total. The van der Waals surface area contributed by atoms with E-state index < -0.39 is 5.60 Å². The third kappa shape index (κ3) is 2.76. The molecule has 2 rings (SSSR count). The standard InChI is InChI=1S/C13H20N2O2/c1-2-17-12-6-10(8-15-9-12)13(16)5-3-4-11(14)7-13/h6,8-9,11,16H,2-5,7,14H2,1H3. The van der Waals surface area contributed by atoms with Crippen LogP contribution in [0.2, 0.25) is 0 Å². The first kappa shape index (κ1) is 12.3. The predicted octanol–water partition coefficient (Wildman–Crippen LogP) is 1.57. The van der Waals surface area contributed by atoms with Crippen molar-refractivity contribution < 1.29 is 9.84 Å². The number of pyridine rings is 1. The van der Waals surface area contributed by atoms with Crippen molar-refractivity contribution in [3.63, 3.8) is 0 Å². The van der Waals surface area contributed by atoms with Crippen LogP contribution in [0.15, 0.2) is 18.5 Å². The van der Waals surface area contributed by atoms with Crippen molar-refractivity contribution in [2.45, 2.75) is 44.2 Å². The molecule has 1 aromatic rings. The number of nitrogens with zero attached hydrogens (tertiary/aromatic N) is 1. The van der Waals surface area contributed by atoms with Gasteiger partial charge in [-0.15, -0.1) is 0 Å². The highest BCUT2D eigenvalue weighted by Crippen LogP contribution is 2.37. The summed E-state index contributed by atoms with van der Waals surface area (Å²) in [4.78, 5) is 4.12. The van der Waals surface area contributed by atoms with Crippen LogP contribution in [-0.2, 0) is 5.60 Å². The monoisotopic (exact) mass is 236 g/mol. The number of aromatic nitrogens is 1. The highest BCUT2D eigenvalue weighted by molar-refractivity contribution is 5.28. The Morgan fingerprint density at radius 2 is 2.41 bits per heavy atom. The molecule has 0 bridgehead atoms. The molecule has 4 heteroatoms. The molecule has 1 aromatic heterocycles. The molecule has 1 heterocycles. The maximum Gasteiger partial charge on any atom is 0.137 e. The minimum atomic E-state index is -0.836. The third-order valence-electron chi connectivity index (χ3n) is 3.33. The highest BCUT2D eigenvalue weighted by Gasteiger charge is 2.35. The van der Waals surface area contributed by atoms with E-state index >= 15 is 0 Å². The van der Waals surface area contributed by atoms with Crippen molar-refractivity contribution >= 4 is 0 Å². The zero-order chi connectivity index (χ0) is 12.3. The zero-order valence-electron chi connectivity index (χ0n) is 10.2. The molecule has 2 unspecified atom stereocenters. The predicted molar refractivity (Wildman–Crippen MR) is 65.7 cm³/mol. The summed E-state index contributed by atoms with van der Waals surface area (Å²) in [5.74, 6) is 0.706. The molecular formula is C13H20N2O2. The van der Waals surface area contributed by atoms with Crippen molar-refractivity contribution in [3.05, 3.63) is 24.0 Å². The molecule has 0 aliphatic heterocycles. The van der Waals surface area contributed by atoms with Gasteiger partial charge in [0.25, 0.3) is 0 Å². The summed E-state index contributed by atoms with van der Waals surface area (Å²) in [6, 6.07) is 1.94. The van der Waals surface area contributed by atoms with Gasteiger partial charge >= 0.3 is 0 Å². The molecule has 2 atom stereocenters. The minimum absolute atomic E-state index is 0.0736. The van der Waals surface area contributed by atoms with Gasteiger partial charge in [0.1, 0.15) is 5.75 Å². The fraction of sp³-hybridized carbons (Fsp3) is 0.615. The lowest BCUT2D eigenvalue weighted by Crippen LogP contribution is -2.39. The number of hydrogen-bond acceptors (Lipinski definition) is 4. The van der Waals surface area contributed by atoms with Crippen molar-refractivity contribution in [1.29, 1.82) is 0 Å². The summed E-state index contributed by atoms with van der Waals surface area (Å²) in [7, 11) is 0. The van der Waals surface area contributed by atoms with E-state index in [0.29, 0.717) is 18.8 Å². The van der Waals surface area contributed by atoms with Crippen molar-refractivity contribution in [1.82, 2.24) is 4.98 Å². The number of hydrogen-bond donors (Lipinski definition) is 2. The Labute approximate surface area is 102 Å². The molecule has 0 aromatic carbocycles. The van der Waals surface area contributed by atoms with Gasteiger partial charge in [0.2, 0.25) is 0 Å². The van der Waals surface area contributed by atoms with Gasteiger partial charge < -0.3 is 15.6 Å². The second-order valence-corrected chi connectivity index (χ2v) is 4.73. The van der Waals surface area contributed by atoms with E-state index in [1.54, 1.807) is 12.4 Å². The van der Waals surface area contributed by atoms with Crippen LogP contribution < -0.4 is 10.5 Å². The van der Waals surface area contributed by atoms with Crippen LogP contribution in [0, 0.1) is 0 Å². The summed E-state index contributed by atoms with van der Waals surface area (Å²) in [5, 5.41) is 10.6. The van der Waals surface area contributed by atoms with Gasteiger partial charge in [-0.25, -0.2) is 0 Å². The number of nitrogens with two attached hydrogens (primary N) is 1. The average Bonchev–Trinajstić information content (AvgIpc) is 2.29. The largest absolute Gasteiger partial charge is 0.492 e. The van der Waals surface area contributed by atoms with Gasteiger partial charge in [0.05, 0.1) is 18.4 Å². The molecule has 17 heavy (non-hydrogen) atoms.